The average molecular weight is 273 g/mol. The standard InChI is InChI=1S/C16H20FN3/c1-12(18)9-14-5-8-16(19-10-14)20(2)11-13-3-6-15(17)7-4-13/h3-8,10,12H,9,11,18H2,1-2H3. The summed E-state index contributed by atoms with van der Waals surface area (Å²) in [5.74, 6) is 0.678. The minimum absolute atomic E-state index is 0.139. The van der Waals surface area contributed by atoms with Crippen LogP contribution < -0.4 is 10.6 Å². The molecule has 3 nitrogen and oxygen atoms in total. The summed E-state index contributed by atoms with van der Waals surface area (Å²) in [5, 5.41) is 0. The van der Waals surface area contributed by atoms with Crippen LogP contribution in [0.15, 0.2) is 42.6 Å². The fourth-order valence-corrected chi connectivity index (χ4v) is 2.08. The number of pyridine rings is 1. The highest BCUT2D eigenvalue weighted by molar-refractivity contribution is 5.39. The molecule has 2 N–H and O–H groups in total. The molecule has 2 rings (SSSR count). The summed E-state index contributed by atoms with van der Waals surface area (Å²) in [7, 11) is 1.97. The maximum Gasteiger partial charge on any atom is 0.128 e. The molecule has 1 unspecified atom stereocenters. The summed E-state index contributed by atoms with van der Waals surface area (Å²) < 4.78 is 12.9. The molecule has 1 aromatic carbocycles. The van der Waals surface area contributed by atoms with Crippen molar-refractivity contribution in [3.63, 3.8) is 0 Å². The van der Waals surface area contributed by atoms with Crippen molar-refractivity contribution in [1.82, 2.24) is 4.98 Å². The molecule has 0 radical (unpaired) electrons. The number of aromatic nitrogens is 1. The highest BCUT2D eigenvalue weighted by Crippen LogP contribution is 2.14. The van der Waals surface area contributed by atoms with E-state index in [0.717, 1.165) is 23.4 Å². The lowest BCUT2D eigenvalue weighted by atomic mass is 10.1. The number of hydrogen-bond acceptors (Lipinski definition) is 3. The first-order valence-electron chi connectivity index (χ1n) is 6.70. The van der Waals surface area contributed by atoms with Crippen LogP contribution in [0.5, 0.6) is 0 Å². The Balaban J connectivity index is 2.01. The lowest BCUT2D eigenvalue weighted by molar-refractivity contribution is 0.627. The highest BCUT2D eigenvalue weighted by Gasteiger charge is 2.05. The van der Waals surface area contributed by atoms with E-state index in [-0.39, 0.29) is 11.9 Å². The highest BCUT2D eigenvalue weighted by atomic mass is 19.1. The van der Waals surface area contributed by atoms with Gasteiger partial charge in [-0.05, 0) is 42.7 Å². The van der Waals surface area contributed by atoms with E-state index in [4.69, 9.17) is 5.73 Å². The zero-order valence-electron chi connectivity index (χ0n) is 11.9. The number of hydrogen-bond donors (Lipinski definition) is 1. The lowest BCUT2D eigenvalue weighted by Gasteiger charge is -2.18. The predicted octanol–water partition coefficient (Wildman–Crippen LogP) is 2.75. The summed E-state index contributed by atoms with van der Waals surface area (Å²) in [6, 6.07) is 10.7. The second-order valence-electron chi connectivity index (χ2n) is 5.19. The third-order valence-electron chi connectivity index (χ3n) is 3.09. The Hall–Kier alpha value is -1.94. The van der Waals surface area contributed by atoms with Gasteiger partial charge >= 0.3 is 0 Å². The maximum atomic E-state index is 12.9. The molecule has 2 aromatic rings. The van der Waals surface area contributed by atoms with E-state index in [1.54, 1.807) is 12.1 Å². The van der Waals surface area contributed by atoms with Gasteiger partial charge < -0.3 is 10.6 Å². The van der Waals surface area contributed by atoms with Gasteiger partial charge in [-0.2, -0.15) is 0 Å². The second-order valence-corrected chi connectivity index (χ2v) is 5.19. The molecule has 0 spiro atoms. The molecule has 106 valence electrons. The van der Waals surface area contributed by atoms with Crippen molar-refractivity contribution in [3.8, 4) is 0 Å². The molecule has 4 heteroatoms. The van der Waals surface area contributed by atoms with Crippen LogP contribution in [0.1, 0.15) is 18.1 Å². The van der Waals surface area contributed by atoms with Crippen molar-refractivity contribution >= 4 is 5.82 Å². The molecule has 0 saturated heterocycles. The van der Waals surface area contributed by atoms with Gasteiger partial charge in [-0.3, -0.25) is 0 Å². The largest absolute Gasteiger partial charge is 0.355 e. The van der Waals surface area contributed by atoms with Crippen LogP contribution in [0.25, 0.3) is 0 Å². The van der Waals surface area contributed by atoms with Crippen LogP contribution in [0.3, 0.4) is 0 Å². The van der Waals surface area contributed by atoms with E-state index < -0.39 is 0 Å². The minimum Gasteiger partial charge on any atom is -0.355 e. The van der Waals surface area contributed by atoms with Crippen LogP contribution >= 0.6 is 0 Å². The summed E-state index contributed by atoms with van der Waals surface area (Å²) in [6.45, 7) is 2.68. The third-order valence-corrected chi connectivity index (χ3v) is 3.09. The minimum atomic E-state index is -0.213. The van der Waals surface area contributed by atoms with Crippen molar-refractivity contribution < 1.29 is 4.39 Å². The van der Waals surface area contributed by atoms with Crippen LogP contribution in [-0.2, 0) is 13.0 Å². The van der Waals surface area contributed by atoms with Gasteiger partial charge in [0.25, 0.3) is 0 Å². The summed E-state index contributed by atoms with van der Waals surface area (Å²) >= 11 is 0. The van der Waals surface area contributed by atoms with Crippen molar-refractivity contribution in [1.29, 1.82) is 0 Å². The normalized spacial score (nSPS) is 12.2. The first-order chi connectivity index (χ1) is 9.54. The van der Waals surface area contributed by atoms with E-state index in [1.165, 1.54) is 12.1 Å². The fraction of sp³-hybridized carbons (Fsp3) is 0.312. The monoisotopic (exact) mass is 273 g/mol. The molecular formula is C16H20FN3. The van der Waals surface area contributed by atoms with Crippen molar-refractivity contribution in [3.05, 3.63) is 59.5 Å². The smallest absolute Gasteiger partial charge is 0.128 e. The fourth-order valence-electron chi connectivity index (χ4n) is 2.08. The molecular weight excluding hydrogens is 253 g/mol. The van der Waals surface area contributed by atoms with Gasteiger partial charge in [-0.15, -0.1) is 0 Å². The predicted molar refractivity (Wildman–Crippen MR) is 80.1 cm³/mol. The van der Waals surface area contributed by atoms with Gasteiger partial charge in [0.15, 0.2) is 0 Å². The van der Waals surface area contributed by atoms with E-state index in [1.807, 2.05) is 37.2 Å². The van der Waals surface area contributed by atoms with E-state index in [2.05, 4.69) is 4.98 Å². The number of rotatable bonds is 5. The molecule has 20 heavy (non-hydrogen) atoms. The molecule has 1 atom stereocenters. The molecule has 0 aliphatic heterocycles. The summed E-state index contributed by atoms with van der Waals surface area (Å²) in [6.07, 6.45) is 2.69. The quantitative estimate of drug-likeness (QED) is 0.911. The molecule has 1 heterocycles. The first kappa shape index (κ1) is 14.5. The summed E-state index contributed by atoms with van der Waals surface area (Å²) in [5.41, 5.74) is 7.96. The number of nitrogens with two attached hydrogens (primary N) is 1. The van der Waals surface area contributed by atoms with E-state index >= 15 is 0 Å². The van der Waals surface area contributed by atoms with Gasteiger partial charge in [0.05, 0.1) is 0 Å². The van der Waals surface area contributed by atoms with Crippen molar-refractivity contribution in [2.45, 2.75) is 25.9 Å². The average Bonchev–Trinajstić information content (AvgIpc) is 2.41. The third kappa shape index (κ3) is 4.03. The van der Waals surface area contributed by atoms with Gasteiger partial charge in [-0.1, -0.05) is 18.2 Å². The van der Waals surface area contributed by atoms with Crippen LogP contribution in [-0.4, -0.2) is 18.1 Å². The Morgan fingerprint density at radius 1 is 1.15 bits per heavy atom. The van der Waals surface area contributed by atoms with Gasteiger partial charge in [0.2, 0.25) is 0 Å². The van der Waals surface area contributed by atoms with Crippen LogP contribution in [0.4, 0.5) is 10.2 Å². The van der Waals surface area contributed by atoms with Crippen LogP contribution in [0.2, 0.25) is 0 Å². The van der Waals surface area contributed by atoms with Crippen LogP contribution in [0, 0.1) is 5.82 Å². The van der Waals surface area contributed by atoms with E-state index in [9.17, 15) is 4.39 Å². The van der Waals surface area contributed by atoms with Crippen molar-refractivity contribution in [2.24, 2.45) is 5.73 Å². The topological polar surface area (TPSA) is 42.1 Å². The molecule has 0 aliphatic carbocycles. The molecule has 0 saturated carbocycles. The Bertz CT molecular complexity index is 535. The lowest BCUT2D eigenvalue weighted by Crippen LogP contribution is -2.19. The number of nitrogens with zero attached hydrogens (tertiary/aromatic N) is 2. The Morgan fingerprint density at radius 2 is 1.80 bits per heavy atom. The van der Waals surface area contributed by atoms with Gasteiger partial charge in [-0.25, -0.2) is 9.37 Å². The number of benzene rings is 1. The van der Waals surface area contributed by atoms with E-state index in [0.29, 0.717) is 6.54 Å². The second kappa shape index (κ2) is 6.48. The Kier molecular flexibility index (Phi) is 4.69. The summed E-state index contributed by atoms with van der Waals surface area (Å²) in [4.78, 5) is 6.47. The Morgan fingerprint density at radius 3 is 2.35 bits per heavy atom. The molecule has 0 aliphatic rings. The number of halogens is 1. The first-order valence-corrected chi connectivity index (χ1v) is 6.70. The maximum absolute atomic E-state index is 12.9. The van der Waals surface area contributed by atoms with Gasteiger partial charge in [0, 0.05) is 25.8 Å². The molecule has 0 amide bonds. The molecule has 0 fully saturated rings. The zero-order valence-corrected chi connectivity index (χ0v) is 11.9. The Labute approximate surface area is 119 Å². The van der Waals surface area contributed by atoms with Gasteiger partial charge in [0.1, 0.15) is 11.6 Å². The molecule has 0 bridgehead atoms. The SMILES string of the molecule is CC(N)Cc1ccc(N(C)Cc2ccc(F)cc2)nc1. The zero-order chi connectivity index (χ0) is 14.5. The number of anilines is 1. The van der Waals surface area contributed by atoms with Crippen molar-refractivity contribution in [2.75, 3.05) is 11.9 Å². The molecule has 1 aromatic heterocycles.